The number of aryl methyl sites for hydroxylation is 1. The molecule has 2 aromatic carbocycles. The van der Waals surface area contributed by atoms with Crippen LogP contribution in [-0.4, -0.2) is 36.4 Å². The van der Waals surface area contributed by atoms with Gasteiger partial charge < -0.3 is 15.0 Å². The average Bonchev–Trinajstić information content (AvgIpc) is 2.65. The van der Waals surface area contributed by atoms with Crippen LogP contribution in [-0.2, 0) is 16.0 Å². The van der Waals surface area contributed by atoms with Crippen LogP contribution in [0.3, 0.4) is 0 Å². The highest BCUT2D eigenvalue weighted by Gasteiger charge is 2.30. The van der Waals surface area contributed by atoms with Crippen LogP contribution in [0.2, 0.25) is 0 Å². The molecule has 1 N–H and O–H groups in total. The van der Waals surface area contributed by atoms with Crippen molar-refractivity contribution >= 4 is 11.8 Å². The molecule has 5 nitrogen and oxygen atoms in total. The summed E-state index contributed by atoms with van der Waals surface area (Å²) < 4.78 is 5.66. The minimum absolute atomic E-state index is 0.00471. The van der Waals surface area contributed by atoms with E-state index >= 15 is 0 Å². The Hall–Kier alpha value is -2.82. The molecule has 3 rings (SSSR count). The molecule has 0 saturated heterocycles. The van der Waals surface area contributed by atoms with Gasteiger partial charge in [0.1, 0.15) is 12.4 Å². The van der Waals surface area contributed by atoms with E-state index in [2.05, 4.69) is 11.4 Å². The van der Waals surface area contributed by atoms with Crippen molar-refractivity contribution < 1.29 is 14.3 Å². The number of nitrogens with zero attached hydrogens (tertiary/aromatic N) is 1. The van der Waals surface area contributed by atoms with Gasteiger partial charge in [-0.25, -0.2) is 0 Å². The minimum Gasteiger partial charge on any atom is -0.492 e. The summed E-state index contributed by atoms with van der Waals surface area (Å²) in [5.41, 5.74) is 3.43. The van der Waals surface area contributed by atoms with Gasteiger partial charge in [-0.1, -0.05) is 36.4 Å². The summed E-state index contributed by atoms with van der Waals surface area (Å²) in [5.74, 6) is 0.731. The van der Waals surface area contributed by atoms with Gasteiger partial charge in [0, 0.05) is 13.5 Å². The van der Waals surface area contributed by atoms with E-state index in [4.69, 9.17) is 4.74 Å². The molecule has 0 aromatic heterocycles. The molecule has 142 valence electrons. The van der Waals surface area contributed by atoms with Crippen molar-refractivity contribution in [1.82, 2.24) is 10.2 Å². The van der Waals surface area contributed by atoms with Crippen LogP contribution in [0.5, 0.6) is 5.75 Å². The Kier molecular flexibility index (Phi) is 6.12. The maximum Gasteiger partial charge on any atom is 0.222 e. The zero-order valence-electron chi connectivity index (χ0n) is 15.9. The number of carbonyl (C=O) groups is 2. The molecule has 1 aliphatic rings. The molecule has 1 heterocycles. The van der Waals surface area contributed by atoms with E-state index in [9.17, 15) is 9.59 Å². The second kappa shape index (κ2) is 8.71. The van der Waals surface area contributed by atoms with E-state index < -0.39 is 0 Å². The number of ether oxygens (including phenoxy) is 1. The fourth-order valence-corrected chi connectivity index (χ4v) is 3.56. The third kappa shape index (κ3) is 4.88. The highest BCUT2D eigenvalue weighted by molar-refractivity contribution is 5.79. The number of fused-ring (bicyclic) bond motifs is 1. The van der Waals surface area contributed by atoms with Crippen molar-refractivity contribution in [3.8, 4) is 5.75 Å². The summed E-state index contributed by atoms with van der Waals surface area (Å²) in [6.45, 7) is 5.07. The van der Waals surface area contributed by atoms with Crippen LogP contribution >= 0.6 is 0 Å². The highest BCUT2D eigenvalue weighted by atomic mass is 16.5. The summed E-state index contributed by atoms with van der Waals surface area (Å²) in [6, 6.07) is 15.7. The first-order valence-corrected chi connectivity index (χ1v) is 9.36. The monoisotopic (exact) mass is 366 g/mol. The summed E-state index contributed by atoms with van der Waals surface area (Å²) in [5, 5.41) is 2.90. The molecule has 1 aliphatic heterocycles. The summed E-state index contributed by atoms with van der Waals surface area (Å²) >= 11 is 0. The molecule has 0 aliphatic carbocycles. The van der Waals surface area contributed by atoms with Crippen LogP contribution in [0.1, 0.15) is 36.1 Å². The number of hydrogen-bond donors (Lipinski definition) is 1. The molecular weight excluding hydrogens is 340 g/mol. The van der Waals surface area contributed by atoms with Crippen molar-refractivity contribution in [2.45, 2.75) is 32.7 Å². The molecule has 1 unspecified atom stereocenters. The van der Waals surface area contributed by atoms with Crippen LogP contribution in [0.4, 0.5) is 0 Å². The fourth-order valence-electron chi connectivity index (χ4n) is 3.56. The van der Waals surface area contributed by atoms with E-state index in [1.54, 1.807) is 11.8 Å². The maximum absolute atomic E-state index is 12.5. The van der Waals surface area contributed by atoms with E-state index in [0.717, 1.165) is 23.3 Å². The van der Waals surface area contributed by atoms with Gasteiger partial charge in [-0.2, -0.15) is 0 Å². The first-order chi connectivity index (χ1) is 13.0. The highest BCUT2D eigenvalue weighted by Crippen LogP contribution is 2.32. The van der Waals surface area contributed by atoms with Gasteiger partial charge in [-0.3, -0.25) is 9.59 Å². The fraction of sp³-hybridized carbons (Fsp3) is 0.364. The molecule has 27 heavy (non-hydrogen) atoms. The molecule has 0 fully saturated rings. The summed E-state index contributed by atoms with van der Waals surface area (Å²) in [4.78, 5) is 26.3. The summed E-state index contributed by atoms with van der Waals surface area (Å²) in [7, 11) is 0. The minimum atomic E-state index is -0.204. The van der Waals surface area contributed by atoms with Gasteiger partial charge >= 0.3 is 0 Å². The zero-order valence-corrected chi connectivity index (χ0v) is 15.9. The molecule has 0 bridgehead atoms. The molecule has 1 atom stereocenters. The van der Waals surface area contributed by atoms with Crippen molar-refractivity contribution in [2.24, 2.45) is 0 Å². The zero-order chi connectivity index (χ0) is 19.2. The third-order valence-electron chi connectivity index (χ3n) is 4.88. The van der Waals surface area contributed by atoms with Gasteiger partial charge in [0.15, 0.2) is 0 Å². The number of hydrogen-bond acceptors (Lipinski definition) is 3. The molecule has 0 radical (unpaired) electrons. The van der Waals surface area contributed by atoms with E-state index in [1.165, 1.54) is 5.56 Å². The van der Waals surface area contributed by atoms with Gasteiger partial charge in [0.05, 0.1) is 19.0 Å². The Labute approximate surface area is 160 Å². The molecule has 5 heteroatoms. The second-order valence-electron chi connectivity index (χ2n) is 6.90. The first kappa shape index (κ1) is 19.0. The van der Waals surface area contributed by atoms with Crippen molar-refractivity contribution in [3.05, 3.63) is 65.2 Å². The lowest BCUT2D eigenvalue weighted by Gasteiger charge is -2.36. The predicted octanol–water partition coefficient (Wildman–Crippen LogP) is 3.03. The number of carbonyl (C=O) groups excluding carboxylic acids is 2. The Balaban J connectivity index is 1.55. The molecule has 0 spiro atoms. The van der Waals surface area contributed by atoms with Crippen molar-refractivity contribution in [2.75, 3.05) is 19.7 Å². The van der Waals surface area contributed by atoms with E-state index in [-0.39, 0.29) is 24.3 Å². The van der Waals surface area contributed by atoms with Crippen molar-refractivity contribution in [3.63, 3.8) is 0 Å². The van der Waals surface area contributed by atoms with Gasteiger partial charge in [0.2, 0.25) is 11.8 Å². The molecule has 0 saturated carbocycles. The van der Waals surface area contributed by atoms with Crippen LogP contribution in [0.25, 0.3) is 0 Å². The van der Waals surface area contributed by atoms with Gasteiger partial charge in [-0.15, -0.1) is 0 Å². The number of rotatable bonds is 6. The SMILES string of the molecule is CC(=O)N1CCc2ccccc2C1CC(=O)NCCOc1cccc(C)c1. The molecular formula is C22H26N2O3. The molecule has 2 amide bonds. The van der Waals surface area contributed by atoms with E-state index in [0.29, 0.717) is 19.7 Å². The maximum atomic E-state index is 12.5. The lowest BCUT2D eigenvalue weighted by Crippen LogP contribution is -2.41. The van der Waals surface area contributed by atoms with E-state index in [1.807, 2.05) is 49.4 Å². The Morgan fingerprint density at radius 2 is 2.00 bits per heavy atom. The van der Waals surface area contributed by atoms with Crippen LogP contribution in [0.15, 0.2) is 48.5 Å². The van der Waals surface area contributed by atoms with Crippen LogP contribution < -0.4 is 10.1 Å². The topological polar surface area (TPSA) is 58.6 Å². The lowest BCUT2D eigenvalue weighted by atomic mass is 9.90. The summed E-state index contributed by atoms with van der Waals surface area (Å²) in [6.07, 6.45) is 1.10. The first-order valence-electron chi connectivity index (χ1n) is 9.36. The molecule has 2 aromatic rings. The third-order valence-corrected chi connectivity index (χ3v) is 4.88. The second-order valence-corrected chi connectivity index (χ2v) is 6.90. The van der Waals surface area contributed by atoms with Crippen molar-refractivity contribution in [1.29, 1.82) is 0 Å². The number of amides is 2. The Morgan fingerprint density at radius 3 is 2.78 bits per heavy atom. The predicted molar refractivity (Wildman–Crippen MR) is 105 cm³/mol. The smallest absolute Gasteiger partial charge is 0.222 e. The quantitative estimate of drug-likeness (QED) is 0.800. The number of nitrogens with one attached hydrogen (secondary N) is 1. The average molecular weight is 366 g/mol. The number of benzene rings is 2. The normalized spacial score (nSPS) is 15.8. The Morgan fingerprint density at radius 1 is 1.19 bits per heavy atom. The Bertz CT molecular complexity index is 819. The lowest BCUT2D eigenvalue weighted by molar-refractivity contribution is -0.133. The standard InChI is InChI=1S/C22H26N2O3/c1-16-6-5-8-19(14-16)27-13-11-23-22(26)15-21-20-9-4-3-7-18(20)10-12-24(21)17(2)25/h3-9,14,21H,10-13,15H2,1-2H3,(H,23,26). The largest absolute Gasteiger partial charge is 0.492 e. The van der Waals surface area contributed by atoms with Gasteiger partial charge in [-0.05, 0) is 42.2 Å². The van der Waals surface area contributed by atoms with Crippen LogP contribution in [0, 0.1) is 6.92 Å². The van der Waals surface area contributed by atoms with Gasteiger partial charge in [0.25, 0.3) is 0 Å².